The number of pyridine rings is 2. The molecule has 0 bridgehead atoms. The molecular weight excluding hydrogens is 402 g/mol. The Hall–Kier alpha value is -3.36. The van der Waals surface area contributed by atoms with Crippen LogP contribution in [0.4, 0.5) is 11.4 Å². The normalized spacial score (nSPS) is 16.7. The highest BCUT2D eigenvalue weighted by Gasteiger charge is 2.16. The molecule has 2 aliphatic rings. The summed E-state index contributed by atoms with van der Waals surface area (Å²) in [5.41, 5.74) is 17.9. The molecular formula is C24H29N7O. The summed E-state index contributed by atoms with van der Waals surface area (Å²) in [6, 6.07) is 12.2. The number of piperazine rings is 1. The zero-order valence-electron chi connectivity index (χ0n) is 18.5. The van der Waals surface area contributed by atoms with Crippen molar-refractivity contribution in [3.05, 3.63) is 48.2 Å². The predicted molar refractivity (Wildman–Crippen MR) is 129 cm³/mol. The number of hydrogen-bond donors (Lipinski definition) is 2. The second-order valence-corrected chi connectivity index (χ2v) is 8.34. The van der Waals surface area contributed by atoms with E-state index >= 15 is 0 Å². The van der Waals surface area contributed by atoms with E-state index in [9.17, 15) is 4.79 Å². The van der Waals surface area contributed by atoms with Gasteiger partial charge in [0.15, 0.2) is 0 Å². The summed E-state index contributed by atoms with van der Waals surface area (Å²) >= 11 is 0. The molecule has 32 heavy (non-hydrogen) atoms. The second-order valence-electron chi connectivity index (χ2n) is 8.34. The van der Waals surface area contributed by atoms with Crippen LogP contribution in [0.2, 0.25) is 0 Å². The van der Waals surface area contributed by atoms with Crippen molar-refractivity contribution in [1.29, 1.82) is 0 Å². The molecule has 4 heterocycles. The average molecular weight is 432 g/mol. The SMILES string of the molecule is CN1CCN(c2cnc3ccc(-c4ccc5c(c4)N=C(N)C5)nc3c2)CC1.C[C@H](N)C=O. The molecule has 0 radical (unpaired) electrons. The number of carbonyl (C=O) groups is 1. The molecule has 5 rings (SSSR count). The zero-order valence-corrected chi connectivity index (χ0v) is 18.5. The van der Waals surface area contributed by atoms with Crippen LogP contribution in [0.25, 0.3) is 22.3 Å². The first-order valence-electron chi connectivity index (χ1n) is 10.8. The fraction of sp³-hybridized carbons (Fsp3) is 0.333. The van der Waals surface area contributed by atoms with Gasteiger partial charge < -0.3 is 26.1 Å². The van der Waals surface area contributed by atoms with E-state index in [1.54, 1.807) is 6.92 Å². The number of aldehydes is 1. The summed E-state index contributed by atoms with van der Waals surface area (Å²) in [5.74, 6) is 0.676. The molecule has 2 aliphatic heterocycles. The number of nitrogens with two attached hydrogens (primary N) is 2. The number of rotatable bonds is 3. The minimum atomic E-state index is -0.296. The quantitative estimate of drug-likeness (QED) is 0.611. The summed E-state index contributed by atoms with van der Waals surface area (Å²) in [5, 5.41) is 0. The Balaban J connectivity index is 0.000000444. The van der Waals surface area contributed by atoms with E-state index in [0.717, 1.165) is 66.3 Å². The van der Waals surface area contributed by atoms with Gasteiger partial charge in [0.25, 0.3) is 0 Å². The number of carbonyl (C=O) groups excluding carboxylic acids is 1. The van der Waals surface area contributed by atoms with E-state index in [1.807, 2.05) is 18.3 Å². The van der Waals surface area contributed by atoms with Crippen molar-refractivity contribution >= 4 is 34.5 Å². The summed E-state index contributed by atoms with van der Waals surface area (Å²) in [4.78, 5) is 28.0. The van der Waals surface area contributed by atoms with Crippen LogP contribution in [0.5, 0.6) is 0 Å². The number of fused-ring (bicyclic) bond motifs is 2. The Kier molecular flexibility index (Phi) is 6.43. The van der Waals surface area contributed by atoms with Crippen LogP contribution in [-0.2, 0) is 11.2 Å². The molecule has 0 spiro atoms. The Bertz CT molecular complexity index is 1150. The monoisotopic (exact) mass is 431 g/mol. The average Bonchev–Trinajstić information content (AvgIpc) is 3.18. The van der Waals surface area contributed by atoms with Gasteiger partial charge in [-0.3, -0.25) is 4.98 Å². The maximum Gasteiger partial charge on any atom is 0.136 e. The van der Waals surface area contributed by atoms with Crippen molar-refractivity contribution in [2.24, 2.45) is 16.5 Å². The van der Waals surface area contributed by atoms with Crippen LogP contribution < -0.4 is 16.4 Å². The first-order valence-corrected chi connectivity index (χ1v) is 10.8. The van der Waals surface area contributed by atoms with Gasteiger partial charge in [-0.2, -0.15) is 0 Å². The lowest BCUT2D eigenvalue weighted by Crippen LogP contribution is -2.44. The number of likely N-dealkylation sites (N-methyl/N-ethyl adjacent to an activating group) is 1. The van der Waals surface area contributed by atoms with Crippen molar-refractivity contribution in [3.63, 3.8) is 0 Å². The Morgan fingerprint density at radius 2 is 1.81 bits per heavy atom. The molecule has 1 aromatic carbocycles. The molecule has 0 unspecified atom stereocenters. The van der Waals surface area contributed by atoms with E-state index in [1.165, 1.54) is 5.56 Å². The lowest BCUT2D eigenvalue weighted by atomic mass is 10.1. The van der Waals surface area contributed by atoms with Crippen LogP contribution >= 0.6 is 0 Å². The van der Waals surface area contributed by atoms with Gasteiger partial charge in [-0.05, 0) is 43.8 Å². The van der Waals surface area contributed by atoms with Crippen molar-refractivity contribution < 1.29 is 4.79 Å². The minimum Gasteiger partial charge on any atom is -0.387 e. The van der Waals surface area contributed by atoms with Crippen LogP contribution in [0, 0.1) is 0 Å². The first kappa shape index (κ1) is 21.9. The van der Waals surface area contributed by atoms with E-state index in [4.69, 9.17) is 16.5 Å². The third-order valence-corrected chi connectivity index (χ3v) is 5.62. The Morgan fingerprint density at radius 3 is 2.53 bits per heavy atom. The standard InChI is InChI=1S/C21H22N6.C3H7NO/c1-26-6-8-27(9-7-26)16-12-20-18(23-13-16)5-4-17(24-20)14-2-3-15-11-21(22)25-19(15)10-14;1-3(4)2-5/h2-5,10,12-13H,6-9,11H2,1H3,(H2,22,25);2-3H,4H2,1H3/t;3-/m.0/s1. The maximum atomic E-state index is 9.38. The molecule has 1 fully saturated rings. The molecule has 2 aromatic heterocycles. The highest BCUT2D eigenvalue weighted by atomic mass is 16.1. The first-order chi connectivity index (χ1) is 15.4. The second kappa shape index (κ2) is 9.42. The third kappa shape index (κ3) is 4.92. The van der Waals surface area contributed by atoms with Gasteiger partial charge in [-0.15, -0.1) is 0 Å². The van der Waals surface area contributed by atoms with E-state index in [0.29, 0.717) is 12.1 Å². The molecule has 8 heteroatoms. The topological polar surface area (TPSA) is 114 Å². The van der Waals surface area contributed by atoms with Gasteiger partial charge >= 0.3 is 0 Å². The predicted octanol–water partition coefficient (Wildman–Crippen LogP) is 2.13. The van der Waals surface area contributed by atoms with Gasteiger partial charge in [0, 0.05) is 38.2 Å². The fourth-order valence-corrected chi connectivity index (χ4v) is 3.76. The molecule has 1 atom stereocenters. The van der Waals surface area contributed by atoms with Crippen LogP contribution in [-0.4, -0.2) is 66.3 Å². The highest BCUT2D eigenvalue weighted by molar-refractivity contribution is 5.92. The molecule has 4 N–H and O–H groups in total. The van der Waals surface area contributed by atoms with Crippen molar-refractivity contribution in [2.45, 2.75) is 19.4 Å². The molecule has 0 saturated carbocycles. The summed E-state index contributed by atoms with van der Waals surface area (Å²) in [6.45, 7) is 5.82. The van der Waals surface area contributed by atoms with Gasteiger partial charge in [-0.25, -0.2) is 9.98 Å². The van der Waals surface area contributed by atoms with Crippen molar-refractivity contribution in [3.8, 4) is 11.3 Å². The van der Waals surface area contributed by atoms with Crippen LogP contribution in [0.15, 0.2) is 47.6 Å². The molecule has 166 valence electrons. The van der Waals surface area contributed by atoms with E-state index < -0.39 is 0 Å². The molecule has 1 saturated heterocycles. The number of aromatic nitrogens is 2. The molecule has 3 aromatic rings. The van der Waals surface area contributed by atoms with E-state index in [2.05, 4.69) is 51.1 Å². The molecule has 8 nitrogen and oxygen atoms in total. The van der Waals surface area contributed by atoms with Gasteiger partial charge in [0.2, 0.25) is 0 Å². The smallest absolute Gasteiger partial charge is 0.136 e. The minimum absolute atomic E-state index is 0.296. The molecule has 0 aliphatic carbocycles. The van der Waals surface area contributed by atoms with E-state index in [-0.39, 0.29) is 6.04 Å². The maximum absolute atomic E-state index is 9.38. The Labute approximate surface area is 188 Å². The summed E-state index contributed by atoms with van der Waals surface area (Å²) in [6.07, 6.45) is 3.39. The number of anilines is 1. The zero-order chi connectivity index (χ0) is 22.7. The lowest BCUT2D eigenvalue weighted by Gasteiger charge is -2.33. The molecule has 0 amide bonds. The van der Waals surface area contributed by atoms with Crippen molar-refractivity contribution in [1.82, 2.24) is 14.9 Å². The lowest BCUT2D eigenvalue weighted by molar-refractivity contribution is -0.108. The highest BCUT2D eigenvalue weighted by Crippen LogP contribution is 2.31. The number of hydrogen-bond acceptors (Lipinski definition) is 8. The van der Waals surface area contributed by atoms with Gasteiger partial charge in [0.1, 0.15) is 12.1 Å². The third-order valence-electron chi connectivity index (χ3n) is 5.62. The number of nitrogens with zero attached hydrogens (tertiary/aromatic N) is 5. The number of aliphatic imine (C=N–C) groups is 1. The van der Waals surface area contributed by atoms with Gasteiger partial charge in [-0.1, -0.05) is 12.1 Å². The van der Waals surface area contributed by atoms with Crippen LogP contribution in [0.1, 0.15) is 12.5 Å². The summed E-state index contributed by atoms with van der Waals surface area (Å²) < 4.78 is 0. The number of benzene rings is 1. The Morgan fingerprint density at radius 1 is 1.06 bits per heavy atom. The largest absolute Gasteiger partial charge is 0.387 e. The van der Waals surface area contributed by atoms with Crippen molar-refractivity contribution in [2.75, 3.05) is 38.1 Å². The fourth-order valence-electron chi connectivity index (χ4n) is 3.76. The van der Waals surface area contributed by atoms with Gasteiger partial charge in [0.05, 0.1) is 40.3 Å². The summed E-state index contributed by atoms with van der Waals surface area (Å²) in [7, 11) is 2.16. The number of amidine groups is 1. The van der Waals surface area contributed by atoms with Crippen LogP contribution in [0.3, 0.4) is 0 Å².